The predicted octanol–water partition coefficient (Wildman–Crippen LogP) is 2.49. The van der Waals surface area contributed by atoms with Crippen LogP contribution >= 0.6 is 0 Å². The molecule has 1 aromatic rings. The molecule has 17 heavy (non-hydrogen) atoms. The van der Waals surface area contributed by atoms with Crippen molar-refractivity contribution in [3.05, 3.63) is 35.9 Å². The van der Waals surface area contributed by atoms with Crippen LogP contribution in [0.15, 0.2) is 35.5 Å². The molecule has 0 saturated heterocycles. The molecule has 0 spiro atoms. The van der Waals surface area contributed by atoms with E-state index >= 15 is 0 Å². The molecule has 0 heterocycles. The normalized spacial score (nSPS) is 11.2. The van der Waals surface area contributed by atoms with Crippen LogP contribution in [0.2, 0.25) is 0 Å². The van der Waals surface area contributed by atoms with Gasteiger partial charge in [-0.1, -0.05) is 35.5 Å². The molecule has 0 saturated carbocycles. The lowest BCUT2D eigenvalue weighted by Crippen LogP contribution is -2.08. The molecule has 92 valence electrons. The largest absolute Gasteiger partial charge is 0.477 e. The van der Waals surface area contributed by atoms with Crippen LogP contribution in [0.25, 0.3) is 0 Å². The average Bonchev–Trinajstić information content (AvgIpc) is 2.34. The first kappa shape index (κ1) is 13.2. The van der Waals surface area contributed by atoms with E-state index in [1.807, 2.05) is 18.2 Å². The Morgan fingerprint density at radius 3 is 2.65 bits per heavy atom. The van der Waals surface area contributed by atoms with Crippen molar-refractivity contribution in [2.45, 2.75) is 26.2 Å². The number of carboxylic acids is 1. The molecule has 0 aromatic heterocycles. The second-order valence-corrected chi connectivity index (χ2v) is 3.76. The van der Waals surface area contributed by atoms with E-state index in [1.165, 1.54) is 12.5 Å². The summed E-state index contributed by atoms with van der Waals surface area (Å²) < 4.78 is 0. The van der Waals surface area contributed by atoms with Crippen molar-refractivity contribution in [2.24, 2.45) is 5.16 Å². The van der Waals surface area contributed by atoms with Gasteiger partial charge in [-0.3, -0.25) is 0 Å². The van der Waals surface area contributed by atoms with Crippen LogP contribution in [0.4, 0.5) is 0 Å². The van der Waals surface area contributed by atoms with Crippen molar-refractivity contribution in [1.29, 1.82) is 0 Å². The Morgan fingerprint density at radius 1 is 1.29 bits per heavy atom. The zero-order valence-corrected chi connectivity index (χ0v) is 9.93. The number of hydrogen-bond donors (Lipinski definition) is 1. The van der Waals surface area contributed by atoms with E-state index in [-0.39, 0.29) is 5.71 Å². The molecule has 4 nitrogen and oxygen atoms in total. The molecule has 0 unspecified atom stereocenters. The van der Waals surface area contributed by atoms with Crippen molar-refractivity contribution in [3.8, 4) is 0 Å². The number of benzene rings is 1. The van der Waals surface area contributed by atoms with Gasteiger partial charge in [-0.25, -0.2) is 4.79 Å². The van der Waals surface area contributed by atoms with Crippen molar-refractivity contribution in [3.63, 3.8) is 0 Å². The van der Waals surface area contributed by atoms with Crippen LogP contribution in [-0.4, -0.2) is 23.4 Å². The van der Waals surface area contributed by atoms with Crippen molar-refractivity contribution in [1.82, 2.24) is 0 Å². The highest BCUT2D eigenvalue weighted by molar-refractivity contribution is 6.34. The van der Waals surface area contributed by atoms with Crippen LogP contribution in [-0.2, 0) is 16.1 Å². The maximum atomic E-state index is 10.4. The number of rotatable bonds is 7. The Kier molecular flexibility index (Phi) is 5.79. The Morgan fingerprint density at radius 2 is 2.00 bits per heavy atom. The number of hydrogen-bond acceptors (Lipinski definition) is 3. The Balaban J connectivity index is 2.10. The molecule has 1 N–H and O–H groups in total. The number of aryl methyl sites for hydroxylation is 1. The molecule has 1 rings (SSSR count). The van der Waals surface area contributed by atoms with E-state index < -0.39 is 5.97 Å². The first-order chi connectivity index (χ1) is 8.20. The zero-order valence-electron chi connectivity index (χ0n) is 9.93. The number of aliphatic carboxylic acids is 1. The van der Waals surface area contributed by atoms with E-state index in [0.717, 1.165) is 19.3 Å². The molecule has 0 atom stereocenters. The van der Waals surface area contributed by atoms with Gasteiger partial charge >= 0.3 is 5.97 Å². The molecule has 0 aliphatic rings. The molecule has 0 fully saturated rings. The topological polar surface area (TPSA) is 58.9 Å². The molecular weight excluding hydrogens is 218 g/mol. The van der Waals surface area contributed by atoms with Crippen LogP contribution in [0.3, 0.4) is 0 Å². The Labute approximate surface area is 101 Å². The number of carboxylic acid groups (broad SMARTS) is 1. The summed E-state index contributed by atoms with van der Waals surface area (Å²) in [6, 6.07) is 10.2. The standard InChI is InChI=1S/C13H17NO3/c1-11(13(15)16)14-17-10-6-5-9-12-7-3-2-4-8-12/h2-4,7-8H,5-6,9-10H2,1H3,(H,15,16). The smallest absolute Gasteiger partial charge is 0.353 e. The summed E-state index contributed by atoms with van der Waals surface area (Å²) in [5, 5.41) is 12.0. The second-order valence-electron chi connectivity index (χ2n) is 3.76. The van der Waals surface area contributed by atoms with E-state index in [2.05, 4.69) is 17.3 Å². The van der Waals surface area contributed by atoms with E-state index in [1.54, 1.807) is 0 Å². The number of carbonyl (C=O) groups is 1. The van der Waals surface area contributed by atoms with Gasteiger partial charge in [0.15, 0.2) is 5.71 Å². The molecule has 0 radical (unpaired) electrons. The van der Waals surface area contributed by atoms with E-state index in [0.29, 0.717) is 6.61 Å². The van der Waals surface area contributed by atoms with Gasteiger partial charge in [0.2, 0.25) is 0 Å². The molecule has 1 aromatic carbocycles. The third-order valence-corrected chi connectivity index (χ3v) is 2.30. The highest BCUT2D eigenvalue weighted by Gasteiger charge is 2.01. The van der Waals surface area contributed by atoms with Gasteiger partial charge in [0.05, 0.1) is 0 Å². The zero-order chi connectivity index (χ0) is 12.5. The first-order valence-electron chi connectivity index (χ1n) is 5.64. The lowest BCUT2D eigenvalue weighted by molar-refractivity contribution is -0.129. The fourth-order valence-corrected chi connectivity index (χ4v) is 1.32. The average molecular weight is 235 g/mol. The fraction of sp³-hybridized carbons (Fsp3) is 0.385. The Bertz CT molecular complexity index is 374. The summed E-state index contributed by atoms with van der Waals surface area (Å²) in [5.41, 5.74) is 1.28. The van der Waals surface area contributed by atoms with Crippen molar-refractivity contribution >= 4 is 11.7 Å². The third-order valence-electron chi connectivity index (χ3n) is 2.30. The number of unbranched alkanes of at least 4 members (excludes halogenated alkanes) is 1. The predicted molar refractivity (Wildman–Crippen MR) is 66.1 cm³/mol. The first-order valence-corrected chi connectivity index (χ1v) is 5.64. The molecule has 4 heteroatoms. The van der Waals surface area contributed by atoms with Gasteiger partial charge in [-0.15, -0.1) is 0 Å². The van der Waals surface area contributed by atoms with Crippen LogP contribution in [0, 0.1) is 0 Å². The van der Waals surface area contributed by atoms with E-state index in [4.69, 9.17) is 9.94 Å². The third kappa shape index (κ3) is 5.70. The van der Waals surface area contributed by atoms with Gasteiger partial charge in [-0.2, -0.15) is 0 Å². The fourth-order valence-electron chi connectivity index (χ4n) is 1.32. The molecule has 0 amide bonds. The van der Waals surface area contributed by atoms with Crippen LogP contribution < -0.4 is 0 Å². The highest BCUT2D eigenvalue weighted by atomic mass is 16.6. The molecule has 0 aliphatic heterocycles. The van der Waals surface area contributed by atoms with E-state index in [9.17, 15) is 4.79 Å². The maximum Gasteiger partial charge on any atom is 0.353 e. The van der Waals surface area contributed by atoms with Gasteiger partial charge < -0.3 is 9.94 Å². The monoisotopic (exact) mass is 235 g/mol. The summed E-state index contributed by atoms with van der Waals surface area (Å²) in [6.45, 7) is 1.86. The van der Waals surface area contributed by atoms with Crippen LogP contribution in [0.5, 0.6) is 0 Å². The maximum absolute atomic E-state index is 10.4. The second kappa shape index (κ2) is 7.44. The summed E-state index contributed by atoms with van der Waals surface area (Å²) in [4.78, 5) is 15.3. The van der Waals surface area contributed by atoms with Crippen molar-refractivity contribution in [2.75, 3.05) is 6.61 Å². The summed E-state index contributed by atoms with van der Waals surface area (Å²) in [5.74, 6) is -1.05. The SMILES string of the molecule is CC(=NOCCCCc1ccccc1)C(=O)O. The molecule has 0 bridgehead atoms. The number of nitrogens with zero attached hydrogens (tertiary/aromatic N) is 1. The van der Waals surface area contributed by atoms with Gasteiger partial charge in [0.25, 0.3) is 0 Å². The van der Waals surface area contributed by atoms with Crippen LogP contribution in [0.1, 0.15) is 25.3 Å². The summed E-state index contributed by atoms with van der Waals surface area (Å²) in [7, 11) is 0. The lowest BCUT2D eigenvalue weighted by atomic mass is 10.1. The van der Waals surface area contributed by atoms with Crippen molar-refractivity contribution < 1.29 is 14.7 Å². The van der Waals surface area contributed by atoms with Gasteiger partial charge in [-0.05, 0) is 31.7 Å². The number of oxime groups is 1. The molecular formula is C13H17NO3. The lowest BCUT2D eigenvalue weighted by Gasteiger charge is -2.01. The summed E-state index contributed by atoms with van der Waals surface area (Å²) in [6.07, 6.45) is 2.88. The van der Waals surface area contributed by atoms with Gasteiger partial charge in [0.1, 0.15) is 6.61 Å². The highest BCUT2D eigenvalue weighted by Crippen LogP contribution is 2.04. The Hall–Kier alpha value is -1.84. The minimum atomic E-state index is -1.05. The van der Waals surface area contributed by atoms with Gasteiger partial charge in [0, 0.05) is 0 Å². The minimum absolute atomic E-state index is 0.0203. The minimum Gasteiger partial charge on any atom is -0.477 e. The summed E-state index contributed by atoms with van der Waals surface area (Å²) >= 11 is 0. The molecule has 0 aliphatic carbocycles. The quantitative estimate of drug-likeness (QED) is 0.448.